The highest BCUT2D eigenvalue weighted by Crippen LogP contribution is 2.44. The molecule has 0 saturated heterocycles. The summed E-state index contributed by atoms with van der Waals surface area (Å²) in [6.45, 7) is 0.162. The molecular formula is C32H26N2O4. The quantitative estimate of drug-likeness (QED) is 0.259. The van der Waals surface area contributed by atoms with Crippen molar-refractivity contribution in [2.45, 2.75) is 18.4 Å². The number of nitrogens with one attached hydrogen (secondary N) is 2. The van der Waals surface area contributed by atoms with Crippen molar-refractivity contribution in [3.8, 4) is 16.9 Å². The molecule has 0 bridgehead atoms. The number of benzene rings is 4. The van der Waals surface area contributed by atoms with E-state index >= 15 is 0 Å². The van der Waals surface area contributed by atoms with E-state index in [-0.39, 0.29) is 18.9 Å². The summed E-state index contributed by atoms with van der Waals surface area (Å²) in [6, 6.07) is 32.5. The number of hydrogen-bond acceptors (Lipinski definition) is 4. The third-order valence-corrected chi connectivity index (χ3v) is 6.96. The van der Waals surface area contributed by atoms with E-state index in [9.17, 15) is 9.59 Å². The first-order valence-corrected chi connectivity index (χ1v) is 12.6. The number of carbonyl (C=O) groups excluding carboxylic acids is 2. The smallest absolute Gasteiger partial charge is 0.407 e. The van der Waals surface area contributed by atoms with Crippen LogP contribution in [0.15, 0.2) is 109 Å². The second-order valence-electron chi connectivity index (χ2n) is 9.33. The summed E-state index contributed by atoms with van der Waals surface area (Å²) in [5.41, 5.74) is 6.32. The van der Waals surface area contributed by atoms with Gasteiger partial charge in [0, 0.05) is 29.4 Å². The van der Waals surface area contributed by atoms with Crippen molar-refractivity contribution in [3.05, 3.63) is 126 Å². The lowest BCUT2D eigenvalue weighted by atomic mass is 9.98. The molecule has 6 nitrogen and oxygen atoms in total. The Morgan fingerprint density at radius 2 is 1.42 bits per heavy atom. The molecule has 1 aromatic heterocycles. The van der Waals surface area contributed by atoms with Gasteiger partial charge in [0.25, 0.3) is 0 Å². The summed E-state index contributed by atoms with van der Waals surface area (Å²) < 4.78 is 11.4. The Kier molecular flexibility index (Phi) is 6.36. The van der Waals surface area contributed by atoms with Crippen LogP contribution in [0.1, 0.15) is 22.6 Å². The molecule has 188 valence electrons. The number of H-pyrrole nitrogens is 1. The fraction of sp³-hybridized carbons (Fsp3) is 0.125. The molecule has 1 unspecified atom stereocenters. The Hall–Kier alpha value is -4.84. The largest absolute Gasteiger partial charge is 0.449 e. The second-order valence-corrected chi connectivity index (χ2v) is 9.33. The van der Waals surface area contributed by atoms with Crippen molar-refractivity contribution in [1.82, 2.24) is 10.3 Å². The number of aromatic nitrogens is 1. The first-order valence-electron chi connectivity index (χ1n) is 12.6. The van der Waals surface area contributed by atoms with Crippen LogP contribution in [0.5, 0.6) is 5.75 Å². The minimum atomic E-state index is -0.929. The van der Waals surface area contributed by atoms with Crippen LogP contribution in [0.25, 0.3) is 22.0 Å². The molecule has 4 aromatic carbocycles. The zero-order valence-corrected chi connectivity index (χ0v) is 20.6. The summed E-state index contributed by atoms with van der Waals surface area (Å²) >= 11 is 0. The number of hydrogen-bond donors (Lipinski definition) is 2. The molecular weight excluding hydrogens is 476 g/mol. The van der Waals surface area contributed by atoms with Crippen LogP contribution in [0.4, 0.5) is 4.79 Å². The fourth-order valence-corrected chi connectivity index (χ4v) is 5.13. The number of esters is 1. The maximum atomic E-state index is 13.3. The molecule has 1 heterocycles. The van der Waals surface area contributed by atoms with E-state index in [0.29, 0.717) is 5.75 Å². The van der Waals surface area contributed by atoms with Crippen molar-refractivity contribution in [2.75, 3.05) is 6.61 Å². The molecule has 0 saturated carbocycles. The topological polar surface area (TPSA) is 80.4 Å². The number of rotatable bonds is 7. The highest BCUT2D eigenvalue weighted by molar-refractivity contribution is 5.90. The SMILES string of the molecule is O=C(NC(Cc1ccccc1)C(=O)Oc1c[nH]c2ccccc12)OCC1c2ccccc2-c2ccccc21. The van der Waals surface area contributed by atoms with Crippen molar-refractivity contribution >= 4 is 23.0 Å². The van der Waals surface area contributed by atoms with Crippen molar-refractivity contribution < 1.29 is 19.1 Å². The number of carbonyl (C=O) groups is 2. The first-order chi connectivity index (χ1) is 18.7. The molecule has 38 heavy (non-hydrogen) atoms. The minimum absolute atomic E-state index is 0.0705. The summed E-state index contributed by atoms with van der Waals surface area (Å²) in [5.74, 6) is -0.219. The monoisotopic (exact) mass is 502 g/mol. The molecule has 6 rings (SSSR count). The highest BCUT2D eigenvalue weighted by Gasteiger charge is 2.30. The van der Waals surface area contributed by atoms with Crippen molar-refractivity contribution in [1.29, 1.82) is 0 Å². The van der Waals surface area contributed by atoms with Gasteiger partial charge in [-0.15, -0.1) is 0 Å². The van der Waals surface area contributed by atoms with Crippen LogP contribution in [-0.2, 0) is 16.0 Å². The Morgan fingerprint density at radius 1 is 0.789 bits per heavy atom. The van der Waals surface area contributed by atoms with Crippen LogP contribution in [0.2, 0.25) is 0 Å². The van der Waals surface area contributed by atoms with Gasteiger partial charge in [-0.05, 0) is 39.9 Å². The van der Waals surface area contributed by atoms with E-state index in [0.717, 1.165) is 38.7 Å². The van der Waals surface area contributed by atoms with Crippen LogP contribution in [0.3, 0.4) is 0 Å². The van der Waals surface area contributed by atoms with Gasteiger partial charge >= 0.3 is 12.1 Å². The molecule has 1 aliphatic carbocycles. The molecule has 0 spiro atoms. The van der Waals surface area contributed by atoms with E-state index in [2.05, 4.69) is 34.6 Å². The lowest BCUT2D eigenvalue weighted by Crippen LogP contribution is -2.45. The summed E-state index contributed by atoms with van der Waals surface area (Å²) in [5, 5.41) is 3.54. The van der Waals surface area contributed by atoms with E-state index < -0.39 is 18.1 Å². The maximum Gasteiger partial charge on any atom is 0.407 e. The number of para-hydroxylation sites is 1. The zero-order chi connectivity index (χ0) is 25.9. The fourth-order valence-electron chi connectivity index (χ4n) is 5.13. The minimum Gasteiger partial charge on any atom is -0.449 e. The van der Waals surface area contributed by atoms with E-state index in [1.165, 1.54) is 0 Å². The summed E-state index contributed by atoms with van der Waals surface area (Å²) in [4.78, 5) is 29.4. The lowest BCUT2D eigenvalue weighted by molar-refractivity contribution is -0.136. The molecule has 2 N–H and O–H groups in total. The number of amides is 1. The average Bonchev–Trinajstić information content (AvgIpc) is 3.51. The molecule has 1 atom stereocenters. The average molecular weight is 503 g/mol. The number of fused-ring (bicyclic) bond motifs is 4. The molecule has 1 aliphatic rings. The van der Waals surface area contributed by atoms with Gasteiger partial charge < -0.3 is 19.8 Å². The van der Waals surface area contributed by atoms with Crippen molar-refractivity contribution in [3.63, 3.8) is 0 Å². The zero-order valence-electron chi connectivity index (χ0n) is 20.6. The predicted molar refractivity (Wildman–Crippen MR) is 146 cm³/mol. The number of ether oxygens (including phenoxy) is 2. The van der Waals surface area contributed by atoms with Gasteiger partial charge in [-0.2, -0.15) is 0 Å². The van der Waals surface area contributed by atoms with Gasteiger partial charge in [0.15, 0.2) is 5.75 Å². The maximum absolute atomic E-state index is 13.3. The van der Waals surface area contributed by atoms with E-state index in [1.54, 1.807) is 6.20 Å². The van der Waals surface area contributed by atoms with Gasteiger partial charge in [0.05, 0.1) is 0 Å². The third kappa shape index (κ3) is 4.64. The molecule has 0 fully saturated rings. The highest BCUT2D eigenvalue weighted by atomic mass is 16.6. The van der Waals surface area contributed by atoms with Gasteiger partial charge in [0.1, 0.15) is 12.6 Å². The Labute approximate surface area is 220 Å². The number of alkyl carbamates (subject to hydrolysis) is 1. The van der Waals surface area contributed by atoms with Gasteiger partial charge in [-0.25, -0.2) is 9.59 Å². The molecule has 0 aliphatic heterocycles. The standard InChI is InChI=1S/C32H26N2O4/c35-31(38-30-19-33-28-17-9-8-16-26(28)30)29(18-21-10-2-1-3-11-21)34-32(36)37-20-27-24-14-6-4-12-22(24)23-13-5-7-15-25(23)27/h1-17,19,27,29,33H,18,20H2,(H,34,36). The Morgan fingerprint density at radius 3 is 2.16 bits per heavy atom. The molecule has 1 amide bonds. The normalized spacial score (nSPS) is 12.9. The van der Waals surface area contributed by atoms with Crippen LogP contribution >= 0.6 is 0 Å². The van der Waals surface area contributed by atoms with E-state index in [4.69, 9.17) is 9.47 Å². The Bertz CT molecular complexity index is 1560. The lowest BCUT2D eigenvalue weighted by Gasteiger charge is -2.19. The molecule has 6 heteroatoms. The van der Waals surface area contributed by atoms with Crippen LogP contribution < -0.4 is 10.1 Å². The Balaban J connectivity index is 1.18. The predicted octanol–water partition coefficient (Wildman–Crippen LogP) is 6.22. The molecule has 5 aromatic rings. The van der Waals surface area contributed by atoms with Crippen LogP contribution in [-0.4, -0.2) is 29.7 Å². The van der Waals surface area contributed by atoms with Gasteiger partial charge in [0.2, 0.25) is 0 Å². The summed E-state index contributed by atoms with van der Waals surface area (Å²) in [6.07, 6.45) is 1.26. The van der Waals surface area contributed by atoms with E-state index in [1.807, 2.05) is 78.9 Å². The second kappa shape index (κ2) is 10.3. The van der Waals surface area contributed by atoms with Gasteiger partial charge in [-0.1, -0.05) is 91.0 Å². The molecule has 0 radical (unpaired) electrons. The number of aromatic amines is 1. The first kappa shape index (κ1) is 23.6. The van der Waals surface area contributed by atoms with Gasteiger partial charge in [-0.3, -0.25) is 0 Å². The van der Waals surface area contributed by atoms with Crippen LogP contribution in [0, 0.1) is 0 Å². The summed E-state index contributed by atoms with van der Waals surface area (Å²) in [7, 11) is 0. The van der Waals surface area contributed by atoms with Crippen molar-refractivity contribution in [2.24, 2.45) is 0 Å². The third-order valence-electron chi connectivity index (χ3n) is 6.96.